The first-order valence-corrected chi connectivity index (χ1v) is 8.98. The normalized spacial score (nSPS) is 16.7. The molecule has 2 aromatic rings. The summed E-state index contributed by atoms with van der Waals surface area (Å²) in [4.78, 5) is 12.6. The Labute approximate surface area is 166 Å². The third kappa shape index (κ3) is 5.22. The van der Waals surface area contributed by atoms with Crippen molar-refractivity contribution in [3.8, 4) is 5.75 Å². The average Bonchev–Trinajstić information content (AvgIpc) is 2.65. The fraction of sp³-hybridized carbons (Fsp3) is 0.381. The molecule has 0 spiro atoms. The highest BCUT2D eigenvalue weighted by molar-refractivity contribution is 5.98. The van der Waals surface area contributed by atoms with Gasteiger partial charge in [-0.15, -0.1) is 12.4 Å². The first kappa shape index (κ1) is 21.2. The smallest absolute Gasteiger partial charge is 0.244 e. The molecule has 6 heteroatoms. The minimum Gasteiger partial charge on any atom is -0.486 e. The van der Waals surface area contributed by atoms with E-state index in [1.54, 1.807) is 0 Å². The van der Waals surface area contributed by atoms with Gasteiger partial charge in [0.15, 0.2) is 0 Å². The lowest BCUT2D eigenvalue weighted by Crippen LogP contribution is -2.54. The predicted molar refractivity (Wildman–Crippen MR) is 110 cm³/mol. The molecular weight excluding hydrogens is 364 g/mol. The van der Waals surface area contributed by atoms with E-state index in [1.165, 1.54) is 0 Å². The standard InChI is InChI=1S/C21H26N2O3.ClH/c1-15-14-18(26-16(2)17-6-4-3-5-7-17)8-9-19(15)23-20(24)21(22)10-12-25-13-11-21;/h3-9,14,16H,10-13,22H2,1-2H3,(H,23,24);1H. The van der Waals surface area contributed by atoms with Gasteiger partial charge < -0.3 is 20.5 Å². The van der Waals surface area contributed by atoms with Gasteiger partial charge in [0.05, 0.1) is 0 Å². The molecule has 0 aromatic heterocycles. The second kappa shape index (κ2) is 9.22. The van der Waals surface area contributed by atoms with Gasteiger partial charge in [0, 0.05) is 18.9 Å². The minimum absolute atomic E-state index is 0. The topological polar surface area (TPSA) is 73.6 Å². The van der Waals surface area contributed by atoms with Gasteiger partial charge in [0.2, 0.25) is 5.91 Å². The molecule has 0 aliphatic carbocycles. The van der Waals surface area contributed by atoms with E-state index >= 15 is 0 Å². The van der Waals surface area contributed by atoms with Crippen LogP contribution >= 0.6 is 12.4 Å². The lowest BCUT2D eigenvalue weighted by molar-refractivity contribution is -0.124. The van der Waals surface area contributed by atoms with Gasteiger partial charge in [-0.1, -0.05) is 30.3 Å². The van der Waals surface area contributed by atoms with Crippen molar-refractivity contribution >= 4 is 24.0 Å². The maximum atomic E-state index is 12.6. The number of carbonyl (C=O) groups is 1. The van der Waals surface area contributed by atoms with E-state index < -0.39 is 5.54 Å². The summed E-state index contributed by atoms with van der Waals surface area (Å²) in [5.41, 5.74) is 8.19. The lowest BCUT2D eigenvalue weighted by atomic mass is 9.90. The van der Waals surface area contributed by atoms with Crippen LogP contribution in [0.25, 0.3) is 0 Å². The fourth-order valence-electron chi connectivity index (χ4n) is 3.06. The maximum Gasteiger partial charge on any atom is 0.244 e. The van der Waals surface area contributed by atoms with Crippen LogP contribution in [0.5, 0.6) is 5.75 Å². The molecule has 0 saturated carbocycles. The molecule has 1 atom stereocenters. The van der Waals surface area contributed by atoms with Crippen LogP contribution in [0.1, 0.15) is 37.0 Å². The molecule has 1 heterocycles. The molecule has 1 aliphatic rings. The highest BCUT2D eigenvalue weighted by atomic mass is 35.5. The molecular formula is C21H27ClN2O3. The Kier molecular flexibility index (Phi) is 7.25. The third-order valence-corrected chi connectivity index (χ3v) is 4.87. The second-order valence-electron chi connectivity index (χ2n) is 6.87. The lowest BCUT2D eigenvalue weighted by Gasteiger charge is -2.32. The number of benzene rings is 2. The van der Waals surface area contributed by atoms with E-state index in [0.717, 1.165) is 22.6 Å². The predicted octanol–water partition coefficient (Wildman–Crippen LogP) is 4.00. The van der Waals surface area contributed by atoms with Crippen LogP contribution in [-0.2, 0) is 9.53 Å². The van der Waals surface area contributed by atoms with Crippen molar-refractivity contribution in [2.75, 3.05) is 18.5 Å². The second-order valence-corrected chi connectivity index (χ2v) is 6.87. The zero-order valence-corrected chi connectivity index (χ0v) is 16.6. The summed E-state index contributed by atoms with van der Waals surface area (Å²) < 4.78 is 11.3. The third-order valence-electron chi connectivity index (χ3n) is 4.87. The minimum atomic E-state index is -0.859. The number of nitrogens with two attached hydrogens (primary N) is 1. The Bertz CT molecular complexity index is 761. The molecule has 1 amide bonds. The molecule has 2 aromatic carbocycles. The number of rotatable bonds is 5. The molecule has 1 aliphatic heterocycles. The summed E-state index contributed by atoms with van der Waals surface area (Å²) in [5.74, 6) is 0.612. The Morgan fingerprint density at radius 1 is 1.19 bits per heavy atom. The Balaban J connectivity index is 0.00000261. The number of carbonyl (C=O) groups excluding carboxylic acids is 1. The van der Waals surface area contributed by atoms with Crippen molar-refractivity contribution < 1.29 is 14.3 Å². The molecule has 0 radical (unpaired) electrons. The summed E-state index contributed by atoms with van der Waals surface area (Å²) in [6.45, 7) is 5.01. The van der Waals surface area contributed by atoms with Crippen LogP contribution in [0, 0.1) is 6.92 Å². The zero-order valence-electron chi connectivity index (χ0n) is 15.7. The molecule has 1 fully saturated rings. The summed E-state index contributed by atoms with van der Waals surface area (Å²) in [7, 11) is 0. The molecule has 27 heavy (non-hydrogen) atoms. The van der Waals surface area contributed by atoms with Gasteiger partial charge in [-0.3, -0.25) is 4.79 Å². The van der Waals surface area contributed by atoms with Gasteiger partial charge >= 0.3 is 0 Å². The van der Waals surface area contributed by atoms with Crippen LogP contribution in [0.3, 0.4) is 0 Å². The van der Waals surface area contributed by atoms with Gasteiger partial charge in [-0.05, 0) is 56.0 Å². The highest BCUT2D eigenvalue weighted by Crippen LogP contribution is 2.27. The first-order chi connectivity index (χ1) is 12.5. The van der Waals surface area contributed by atoms with Gasteiger partial charge in [-0.2, -0.15) is 0 Å². The van der Waals surface area contributed by atoms with Crippen molar-refractivity contribution in [3.63, 3.8) is 0 Å². The molecule has 5 nitrogen and oxygen atoms in total. The monoisotopic (exact) mass is 390 g/mol. The summed E-state index contributed by atoms with van der Waals surface area (Å²) in [6, 6.07) is 15.7. The highest BCUT2D eigenvalue weighted by Gasteiger charge is 2.36. The fourth-order valence-corrected chi connectivity index (χ4v) is 3.06. The molecule has 146 valence electrons. The van der Waals surface area contributed by atoms with Gasteiger partial charge in [-0.25, -0.2) is 0 Å². The SMILES string of the molecule is Cc1cc(OC(C)c2ccccc2)ccc1NC(=O)C1(N)CCOCC1.Cl. The summed E-state index contributed by atoms with van der Waals surface area (Å²) in [6.07, 6.45) is 1.02. The summed E-state index contributed by atoms with van der Waals surface area (Å²) >= 11 is 0. The van der Waals surface area contributed by atoms with Gasteiger partial charge in [0.1, 0.15) is 17.4 Å². The van der Waals surface area contributed by atoms with E-state index in [4.69, 9.17) is 15.2 Å². The number of anilines is 1. The van der Waals surface area contributed by atoms with Crippen molar-refractivity contribution in [1.82, 2.24) is 0 Å². The van der Waals surface area contributed by atoms with Crippen LogP contribution in [0.15, 0.2) is 48.5 Å². The number of amides is 1. The Morgan fingerprint density at radius 3 is 2.48 bits per heavy atom. The van der Waals surface area contributed by atoms with Crippen LogP contribution in [0.4, 0.5) is 5.69 Å². The van der Waals surface area contributed by atoms with Crippen molar-refractivity contribution in [3.05, 3.63) is 59.7 Å². The first-order valence-electron chi connectivity index (χ1n) is 8.98. The number of nitrogens with one attached hydrogen (secondary N) is 1. The Morgan fingerprint density at radius 2 is 1.85 bits per heavy atom. The largest absolute Gasteiger partial charge is 0.486 e. The molecule has 0 bridgehead atoms. The number of ether oxygens (including phenoxy) is 2. The van der Waals surface area contributed by atoms with Crippen LogP contribution in [-0.4, -0.2) is 24.7 Å². The number of aryl methyl sites for hydroxylation is 1. The zero-order chi connectivity index (χ0) is 18.6. The van der Waals surface area contributed by atoms with E-state index in [1.807, 2.05) is 62.4 Å². The van der Waals surface area contributed by atoms with Crippen molar-refractivity contribution in [1.29, 1.82) is 0 Å². The van der Waals surface area contributed by atoms with E-state index in [0.29, 0.717) is 26.1 Å². The van der Waals surface area contributed by atoms with Crippen molar-refractivity contribution in [2.45, 2.75) is 38.3 Å². The quantitative estimate of drug-likeness (QED) is 0.809. The molecule has 1 unspecified atom stereocenters. The van der Waals surface area contributed by atoms with Gasteiger partial charge in [0.25, 0.3) is 0 Å². The average molecular weight is 391 g/mol. The number of hydrogen-bond donors (Lipinski definition) is 2. The molecule has 3 N–H and O–H groups in total. The Hall–Kier alpha value is -2.08. The number of halogens is 1. The van der Waals surface area contributed by atoms with Crippen LogP contribution in [0.2, 0.25) is 0 Å². The summed E-state index contributed by atoms with van der Waals surface area (Å²) in [5, 5.41) is 2.96. The van der Waals surface area contributed by atoms with Crippen molar-refractivity contribution in [2.24, 2.45) is 5.73 Å². The van der Waals surface area contributed by atoms with Crippen LogP contribution < -0.4 is 15.8 Å². The van der Waals surface area contributed by atoms with E-state index in [-0.39, 0.29) is 24.4 Å². The molecule has 3 rings (SSSR count). The molecule has 1 saturated heterocycles. The van der Waals surface area contributed by atoms with E-state index in [9.17, 15) is 4.79 Å². The maximum absolute atomic E-state index is 12.6. The number of hydrogen-bond acceptors (Lipinski definition) is 4. The van der Waals surface area contributed by atoms with E-state index in [2.05, 4.69) is 5.32 Å².